The van der Waals surface area contributed by atoms with Gasteiger partial charge in [-0.3, -0.25) is 0 Å². The van der Waals surface area contributed by atoms with Crippen LogP contribution in [0.4, 0.5) is 11.8 Å². The van der Waals surface area contributed by atoms with Crippen LogP contribution < -0.4 is 5.32 Å². The Morgan fingerprint density at radius 3 is 2.90 bits per heavy atom. The summed E-state index contributed by atoms with van der Waals surface area (Å²) in [5, 5.41) is 12.7. The van der Waals surface area contributed by atoms with Crippen molar-refractivity contribution < 1.29 is 4.92 Å². The third-order valence-electron chi connectivity index (χ3n) is 0.996. The maximum absolute atomic E-state index is 10.0. The van der Waals surface area contributed by atoms with Crippen molar-refractivity contribution in [3.05, 3.63) is 16.3 Å². The van der Waals surface area contributed by atoms with E-state index >= 15 is 0 Å². The predicted molar refractivity (Wildman–Crippen MR) is 34.8 cm³/mol. The van der Waals surface area contributed by atoms with E-state index in [0.29, 0.717) is 5.95 Å². The molecule has 0 aliphatic rings. The maximum Gasteiger partial charge on any atom is 0.342 e. The molecule has 0 bridgehead atoms. The molecule has 6 heteroatoms. The van der Waals surface area contributed by atoms with Crippen molar-refractivity contribution in [1.82, 2.24) is 9.97 Å². The number of nitro groups is 1. The molecule has 0 aliphatic heterocycles. The fourth-order valence-corrected chi connectivity index (χ4v) is 0.531. The molecule has 0 spiro atoms. The molecule has 54 valence electrons. The Balaban J connectivity index is 2.88. The van der Waals surface area contributed by atoms with Crippen LogP contribution in [-0.2, 0) is 0 Å². The number of imidazole rings is 1. The second-order valence-electron chi connectivity index (χ2n) is 1.62. The number of nitrogens with zero attached hydrogens (tertiary/aromatic N) is 2. The number of H-pyrrole nitrogens is 1. The van der Waals surface area contributed by atoms with Gasteiger partial charge in [0, 0.05) is 7.05 Å². The molecule has 6 nitrogen and oxygen atoms in total. The van der Waals surface area contributed by atoms with Gasteiger partial charge in [0.2, 0.25) is 0 Å². The lowest BCUT2D eigenvalue weighted by Crippen LogP contribution is -1.90. The smallest absolute Gasteiger partial charge is 0.342 e. The van der Waals surface area contributed by atoms with E-state index in [0.717, 1.165) is 6.20 Å². The SMILES string of the molecule is CNc1ncc([N+](=O)[O-])[nH]1. The fraction of sp³-hybridized carbons (Fsp3) is 0.250. The van der Waals surface area contributed by atoms with Crippen molar-refractivity contribution in [3.63, 3.8) is 0 Å². The van der Waals surface area contributed by atoms with E-state index < -0.39 is 4.92 Å². The molecule has 0 aliphatic carbocycles. The second kappa shape index (κ2) is 2.34. The number of hydrogen-bond donors (Lipinski definition) is 2. The zero-order chi connectivity index (χ0) is 7.56. The van der Waals surface area contributed by atoms with Gasteiger partial charge in [0.1, 0.15) is 6.20 Å². The van der Waals surface area contributed by atoms with Crippen LogP contribution in [0.15, 0.2) is 6.20 Å². The van der Waals surface area contributed by atoms with Crippen molar-refractivity contribution in [3.8, 4) is 0 Å². The Labute approximate surface area is 56.4 Å². The van der Waals surface area contributed by atoms with E-state index in [1.165, 1.54) is 0 Å². The Kier molecular flexibility index (Phi) is 1.53. The molecule has 0 radical (unpaired) electrons. The molecular weight excluding hydrogens is 136 g/mol. The molecule has 0 atom stereocenters. The van der Waals surface area contributed by atoms with E-state index in [4.69, 9.17) is 0 Å². The molecule has 0 saturated heterocycles. The summed E-state index contributed by atoms with van der Waals surface area (Å²) in [7, 11) is 1.63. The van der Waals surface area contributed by atoms with Crippen LogP contribution in [0.1, 0.15) is 0 Å². The van der Waals surface area contributed by atoms with Crippen molar-refractivity contribution >= 4 is 11.8 Å². The maximum atomic E-state index is 10.0. The van der Waals surface area contributed by atoms with Crippen molar-refractivity contribution in [2.45, 2.75) is 0 Å². The quantitative estimate of drug-likeness (QED) is 0.461. The number of aromatic nitrogens is 2. The zero-order valence-electron chi connectivity index (χ0n) is 5.29. The molecule has 0 unspecified atom stereocenters. The van der Waals surface area contributed by atoms with E-state index in [1.54, 1.807) is 7.05 Å². The first-order chi connectivity index (χ1) is 4.74. The molecule has 1 aromatic rings. The number of aromatic amines is 1. The standard InChI is InChI=1S/C4H6N4O2/c1-5-4-6-2-3(7-4)8(9)10/h2H,1H3,(H2,5,6,7). The van der Waals surface area contributed by atoms with Gasteiger partial charge in [-0.2, -0.15) is 4.98 Å². The zero-order valence-corrected chi connectivity index (χ0v) is 5.29. The molecule has 1 heterocycles. The van der Waals surface area contributed by atoms with Crippen LogP contribution in [0.2, 0.25) is 0 Å². The molecule has 10 heavy (non-hydrogen) atoms. The average Bonchev–Trinajstić information content (AvgIpc) is 2.34. The minimum absolute atomic E-state index is 0.107. The first kappa shape index (κ1) is 6.53. The Hall–Kier alpha value is -1.59. The summed E-state index contributed by atoms with van der Waals surface area (Å²) in [6, 6.07) is 0. The van der Waals surface area contributed by atoms with Crippen LogP contribution in [-0.4, -0.2) is 21.9 Å². The normalized spacial score (nSPS) is 9.30. The number of nitrogens with one attached hydrogen (secondary N) is 2. The van der Waals surface area contributed by atoms with Crippen molar-refractivity contribution in [1.29, 1.82) is 0 Å². The Morgan fingerprint density at radius 1 is 1.90 bits per heavy atom. The van der Waals surface area contributed by atoms with Gasteiger partial charge in [0.15, 0.2) is 0 Å². The largest absolute Gasteiger partial charge is 0.358 e. The first-order valence-electron chi connectivity index (χ1n) is 2.61. The second-order valence-corrected chi connectivity index (χ2v) is 1.62. The van der Waals surface area contributed by atoms with Gasteiger partial charge in [-0.1, -0.05) is 0 Å². The predicted octanol–water partition coefficient (Wildman–Crippen LogP) is 0.360. The highest BCUT2D eigenvalue weighted by Gasteiger charge is 2.06. The molecule has 0 saturated carbocycles. The van der Waals surface area contributed by atoms with E-state index in [9.17, 15) is 10.1 Å². The van der Waals surface area contributed by atoms with Gasteiger partial charge in [-0.15, -0.1) is 0 Å². The Morgan fingerprint density at radius 2 is 2.60 bits per heavy atom. The molecule has 0 fully saturated rings. The van der Waals surface area contributed by atoms with E-state index in [-0.39, 0.29) is 5.82 Å². The van der Waals surface area contributed by atoms with Crippen LogP contribution >= 0.6 is 0 Å². The monoisotopic (exact) mass is 142 g/mol. The van der Waals surface area contributed by atoms with E-state index in [1.807, 2.05) is 0 Å². The molecule has 1 rings (SSSR count). The van der Waals surface area contributed by atoms with Gasteiger partial charge >= 0.3 is 5.82 Å². The highest BCUT2D eigenvalue weighted by molar-refractivity contribution is 5.30. The number of anilines is 1. The Bertz CT molecular complexity index is 243. The third-order valence-corrected chi connectivity index (χ3v) is 0.996. The summed E-state index contributed by atoms with van der Waals surface area (Å²) < 4.78 is 0. The molecule has 1 aromatic heterocycles. The van der Waals surface area contributed by atoms with E-state index in [2.05, 4.69) is 15.3 Å². The van der Waals surface area contributed by atoms with Crippen LogP contribution in [0.3, 0.4) is 0 Å². The van der Waals surface area contributed by atoms with Crippen molar-refractivity contribution in [2.75, 3.05) is 12.4 Å². The number of rotatable bonds is 2. The minimum atomic E-state index is -0.534. The minimum Gasteiger partial charge on any atom is -0.358 e. The average molecular weight is 142 g/mol. The highest BCUT2D eigenvalue weighted by Crippen LogP contribution is 2.07. The van der Waals surface area contributed by atoms with Crippen LogP contribution in [0.25, 0.3) is 0 Å². The fourth-order valence-electron chi connectivity index (χ4n) is 0.531. The summed E-state index contributed by atoms with van der Waals surface area (Å²) in [6.07, 6.45) is 1.16. The van der Waals surface area contributed by atoms with Gasteiger partial charge in [0.25, 0.3) is 5.95 Å². The van der Waals surface area contributed by atoms with Gasteiger partial charge in [-0.25, -0.2) is 4.98 Å². The molecular formula is C4H6N4O2. The topological polar surface area (TPSA) is 83.8 Å². The lowest BCUT2D eigenvalue weighted by Gasteiger charge is -1.86. The summed E-state index contributed by atoms with van der Waals surface area (Å²) in [6.45, 7) is 0. The van der Waals surface area contributed by atoms with Gasteiger partial charge in [0.05, 0.1) is 0 Å². The van der Waals surface area contributed by atoms with Gasteiger partial charge < -0.3 is 15.4 Å². The number of hydrogen-bond acceptors (Lipinski definition) is 4. The summed E-state index contributed by atoms with van der Waals surface area (Å²) in [4.78, 5) is 15.6. The van der Waals surface area contributed by atoms with Crippen LogP contribution in [0, 0.1) is 10.1 Å². The van der Waals surface area contributed by atoms with Crippen molar-refractivity contribution in [2.24, 2.45) is 0 Å². The summed E-state index contributed by atoms with van der Waals surface area (Å²) in [5.74, 6) is 0.288. The lowest BCUT2D eigenvalue weighted by atomic mass is 10.8. The molecule has 0 aromatic carbocycles. The summed E-state index contributed by atoms with van der Waals surface area (Å²) >= 11 is 0. The highest BCUT2D eigenvalue weighted by atomic mass is 16.6. The molecule has 2 N–H and O–H groups in total. The van der Waals surface area contributed by atoms with Crippen LogP contribution in [0.5, 0.6) is 0 Å². The summed E-state index contributed by atoms with van der Waals surface area (Å²) in [5.41, 5.74) is 0. The lowest BCUT2D eigenvalue weighted by molar-refractivity contribution is -0.389. The first-order valence-corrected chi connectivity index (χ1v) is 2.61. The molecule has 0 amide bonds. The van der Waals surface area contributed by atoms with Gasteiger partial charge in [-0.05, 0) is 4.92 Å². The third kappa shape index (κ3) is 1.04.